The summed E-state index contributed by atoms with van der Waals surface area (Å²) in [4.78, 5) is 22.4. The molecule has 0 unspecified atom stereocenters. The van der Waals surface area contributed by atoms with Gasteiger partial charge >= 0.3 is 6.18 Å². The molecule has 1 amide bonds. The number of amides is 1. The number of nitrogens with zero attached hydrogens (tertiary/aromatic N) is 3. The second kappa shape index (κ2) is 8.34. The quantitative estimate of drug-likeness (QED) is 0.577. The molecule has 0 saturated carbocycles. The predicted octanol–water partition coefficient (Wildman–Crippen LogP) is 5.47. The van der Waals surface area contributed by atoms with E-state index < -0.39 is 17.8 Å². The molecule has 1 aliphatic rings. The molecule has 0 spiro atoms. The van der Waals surface area contributed by atoms with E-state index in [1.54, 1.807) is 30.3 Å². The lowest BCUT2D eigenvalue weighted by molar-refractivity contribution is -0.140. The van der Waals surface area contributed by atoms with Crippen molar-refractivity contribution in [2.75, 3.05) is 23.3 Å². The van der Waals surface area contributed by atoms with E-state index in [4.69, 9.17) is 11.6 Å². The van der Waals surface area contributed by atoms with E-state index in [1.165, 1.54) is 11.0 Å². The number of benzene rings is 2. The van der Waals surface area contributed by atoms with Crippen LogP contribution in [0.2, 0.25) is 5.02 Å². The number of rotatable bonds is 3. The maximum absolute atomic E-state index is 13.7. The molecule has 0 aliphatic carbocycles. The van der Waals surface area contributed by atoms with Crippen LogP contribution in [0.15, 0.2) is 42.5 Å². The number of aryl methyl sites for hydroxylation is 1. The van der Waals surface area contributed by atoms with Crippen molar-refractivity contribution in [3.63, 3.8) is 0 Å². The van der Waals surface area contributed by atoms with Gasteiger partial charge in [0.1, 0.15) is 0 Å². The number of nitrogens with one attached hydrogen (secondary N) is 1. The summed E-state index contributed by atoms with van der Waals surface area (Å²) in [5.74, 6) is -1.02. The third-order valence-electron chi connectivity index (χ3n) is 5.29. The lowest BCUT2D eigenvalue weighted by Gasteiger charge is -2.34. The number of hydrogen-bond donors (Lipinski definition) is 1. The molecule has 2 heterocycles. The lowest BCUT2D eigenvalue weighted by Crippen LogP contribution is -2.42. The van der Waals surface area contributed by atoms with E-state index in [0.29, 0.717) is 35.6 Å². The molecule has 4 rings (SSSR count). The maximum atomic E-state index is 13.7. The van der Waals surface area contributed by atoms with Gasteiger partial charge < -0.3 is 10.2 Å². The fourth-order valence-electron chi connectivity index (χ4n) is 3.74. The first-order valence-electron chi connectivity index (χ1n) is 9.88. The largest absolute Gasteiger partial charge is 0.437 e. The Balaban J connectivity index is 1.61. The molecule has 1 atom stereocenters. The zero-order valence-electron chi connectivity index (χ0n) is 16.7. The summed E-state index contributed by atoms with van der Waals surface area (Å²) in [6.45, 7) is 2.37. The van der Waals surface area contributed by atoms with Crippen molar-refractivity contribution in [3.8, 4) is 0 Å². The Bertz CT molecular complexity index is 1140. The highest BCUT2D eigenvalue weighted by Crippen LogP contribution is 2.37. The summed E-state index contributed by atoms with van der Waals surface area (Å²) in [6.07, 6.45) is -3.53. The minimum atomic E-state index is -4.66. The summed E-state index contributed by atoms with van der Waals surface area (Å²) >= 11 is 6.20. The summed E-state index contributed by atoms with van der Waals surface area (Å²) in [5, 5.41) is 3.22. The standard InChI is InChI=1S/C22H20ClF3N4O/c1-13-8-9-16(15(23)11-13)29-21(31)14-5-4-10-30(12-14)20-19(22(24,25)26)27-17-6-2-3-7-18(17)28-20/h2-3,6-9,11,14H,4-5,10,12H2,1H3,(H,29,31)/t14-/m1/s1. The Hall–Kier alpha value is -2.87. The van der Waals surface area contributed by atoms with Gasteiger partial charge in [0, 0.05) is 13.1 Å². The zero-order chi connectivity index (χ0) is 22.2. The first-order chi connectivity index (χ1) is 14.7. The molecule has 5 nitrogen and oxygen atoms in total. The van der Waals surface area contributed by atoms with Gasteiger partial charge in [0.25, 0.3) is 0 Å². The summed E-state index contributed by atoms with van der Waals surface area (Å²) in [5.41, 5.74) is 0.966. The number of alkyl halides is 3. The molecular weight excluding hydrogens is 429 g/mol. The van der Waals surface area contributed by atoms with Gasteiger partial charge in [0.2, 0.25) is 5.91 Å². The first-order valence-corrected chi connectivity index (χ1v) is 10.3. The number of fused-ring (bicyclic) bond motifs is 1. The van der Waals surface area contributed by atoms with Gasteiger partial charge in [0.05, 0.1) is 27.7 Å². The monoisotopic (exact) mass is 448 g/mol. The van der Waals surface area contributed by atoms with Crippen LogP contribution in [-0.4, -0.2) is 29.0 Å². The summed E-state index contributed by atoms with van der Waals surface area (Å²) in [7, 11) is 0. The minimum absolute atomic E-state index is 0.116. The fourth-order valence-corrected chi connectivity index (χ4v) is 4.02. The number of piperidine rings is 1. The molecule has 9 heteroatoms. The van der Waals surface area contributed by atoms with E-state index >= 15 is 0 Å². The van der Waals surface area contributed by atoms with E-state index in [0.717, 1.165) is 5.56 Å². The smallest absolute Gasteiger partial charge is 0.354 e. The summed E-state index contributed by atoms with van der Waals surface area (Å²) < 4.78 is 41.2. The Kier molecular flexibility index (Phi) is 5.75. The molecule has 1 aliphatic heterocycles. The van der Waals surface area contributed by atoms with Gasteiger partial charge in [-0.1, -0.05) is 29.8 Å². The van der Waals surface area contributed by atoms with Gasteiger partial charge in [-0.15, -0.1) is 0 Å². The topological polar surface area (TPSA) is 58.1 Å². The van der Waals surface area contributed by atoms with E-state index in [2.05, 4.69) is 15.3 Å². The van der Waals surface area contributed by atoms with Gasteiger partial charge in [-0.2, -0.15) is 13.2 Å². The number of aromatic nitrogens is 2. The molecule has 0 bridgehead atoms. The first kappa shape index (κ1) is 21.4. The number of para-hydroxylation sites is 2. The van der Waals surface area contributed by atoms with Gasteiger partial charge in [-0.05, 0) is 49.6 Å². The second-order valence-electron chi connectivity index (χ2n) is 7.64. The molecule has 1 fully saturated rings. The number of carbonyl (C=O) groups is 1. The van der Waals surface area contributed by atoms with Crippen molar-refractivity contribution in [2.45, 2.75) is 25.9 Å². The van der Waals surface area contributed by atoms with Crippen LogP contribution in [0.1, 0.15) is 24.1 Å². The minimum Gasteiger partial charge on any atom is -0.354 e. The Labute approximate surface area is 182 Å². The number of anilines is 2. The van der Waals surface area contributed by atoms with E-state index in [9.17, 15) is 18.0 Å². The van der Waals surface area contributed by atoms with Crippen LogP contribution >= 0.6 is 11.6 Å². The van der Waals surface area contributed by atoms with E-state index in [1.807, 2.05) is 13.0 Å². The van der Waals surface area contributed by atoms with Crippen LogP contribution < -0.4 is 10.2 Å². The van der Waals surface area contributed by atoms with Gasteiger partial charge in [-0.3, -0.25) is 4.79 Å². The van der Waals surface area contributed by atoms with Crippen LogP contribution in [0.4, 0.5) is 24.7 Å². The van der Waals surface area contributed by atoms with Crippen LogP contribution in [0.5, 0.6) is 0 Å². The average molecular weight is 449 g/mol. The van der Waals surface area contributed by atoms with Crippen molar-refractivity contribution in [1.82, 2.24) is 9.97 Å². The van der Waals surface area contributed by atoms with Crippen LogP contribution in [-0.2, 0) is 11.0 Å². The van der Waals surface area contributed by atoms with Crippen molar-refractivity contribution in [2.24, 2.45) is 5.92 Å². The number of halogens is 4. The molecule has 1 N–H and O–H groups in total. The zero-order valence-corrected chi connectivity index (χ0v) is 17.5. The van der Waals surface area contributed by atoms with Crippen LogP contribution in [0.25, 0.3) is 11.0 Å². The van der Waals surface area contributed by atoms with E-state index in [-0.39, 0.29) is 23.8 Å². The number of hydrogen-bond acceptors (Lipinski definition) is 4. The summed E-state index contributed by atoms with van der Waals surface area (Å²) in [6, 6.07) is 11.7. The van der Waals surface area contributed by atoms with Crippen LogP contribution in [0, 0.1) is 12.8 Å². The average Bonchev–Trinajstić information content (AvgIpc) is 2.74. The highest BCUT2D eigenvalue weighted by Gasteiger charge is 2.40. The second-order valence-corrected chi connectivity index (χ2v) is 8.05. The van der Waals surface area contributed by atoms with Crippen molar-refractivity contribution >= 4 is 40.0 Å². The normalized spacial score (nSPS) is 17.1. The molecule has 162 valence electrons. The SMILES string of the molecule is Cc1ccc(NC(=O)[C@@H]2CCCN(c3nc4ccccc4nc3C(F)(F)F)C2)c(Cl)c1. The highest BCUT2D eigenvalue weighted by atomic mass is 35.5. The Morgan fingerprint density at radius 1 is 1.16 bits per heavy atom. The van der Waals surface area contributed by atoms with Gasteiger partial charge in [0.15, 0.2) is 11.5 Å². The molecule has 3 aromatic rings. The van der Waals surface area contributed by atoms with Crippen LogP contribution in [0.3, 0.4) is 0 Å². The Morgan fingerprint density at radius 3 is 2.55 bits per heavy atom. The van der Waals surface area contributed by atoms with Gasteiger partial charge in [-0.25, -0.2) is 9.97 Å². The van der Waals surface area contributed by atoms with Crippen molar-refractivity contribution in [1.29, 1.82) is 0 Å². The third-order valence-corrected chi connectivity index (χ3v) is 5.61. The molecule has 1 aromatic heterocycles. The maximum Gasteiger partial charge on any atom is 0.437 e. The number of carbonyl (C=O) groups excluding carboxylic acids is 1. The lowest BCUT2D eigenvalue weighted by atomic mass is 9.96. The molecule has 31 heavy (non-hydrogen) atoms. The van der Waals surface area contributed by atoms with Crippen molar-refractivity contribution < 1.29 is 18.0 Å². The molecule has 1 saturated heterocycles. The Morgan fingerprint density at radius 2 is 1.87 bits per heavy atom. The third kappa shape index (κ3) is 4.58. The molecule has 2 aromatic carbocycles. The predicted molar refractivity (Wildman–Crippen MR) is 114 cm³/mol. The van der Waals surface area contributed by atoms with Crippen molar-refractivity contribution in [3.05, 3.63) is 58.7 Å². The molecule has 0 radical (unpaired) electrons. The highest BCUT2D eigenvalue weighted by molar-refractivity contribution is 6.33. The molecular formula is C22H20ClF3N4O. The fraction of sp³-hybridized carbons (Fsp3) is 0.318.